The summed E-state index contributed by atoms with van der Waals surface area (Å²) >= 11 is 1.22. The number of hydrogen-bond acceptors (Lipinski definition) is 5. The Morgan fingerprint density at radius 2 is 2.38 bits per heavy atom. The smallest absolute Gasteiger partial charge is 0.199 e. The van der Waals surface area contributed by atoms with Crippen LogP contribution in [0.1, 0.15) is 11.4 Å². The molecule has 2 rings (SSSR count). The molecule has 0 unspecified atom stereocenters. The maximum absolute atomic E-state index is 5.46. The van der Waals surface area contributed by atoms with Crippen LogP contribution in [0.3, 0.4) is 0 Å². The van der Waals surface area contributed by atoms with Crippen molar-refractivity contribution in [2.75, 3.05) is 5.73 Å². The van der Waals surface area contributed by atoms with E-state index < -0.39 is 0 Å². The molecule has 13 heavy (non-hydrogen) atoms. The lowest BCUT2D eigenvalue weighted by atomic mass is 10.2. The molecule has 0 saturated carbocycles. The lowest BCUT2D eigenvalue weighted by molar-refractivity contribution is 1.03. The molecule has 0 amide bonds. The Morgan fingerprint density at radius 3 is 3.00 bits per heavy atom. The number of pyridine rings is 1. The van der Waals surface area contributed by atoms with Crippen LogP contribution in [0.4, 0.5) is 5.13 Å². The van der Waals surface area contributed by atoms with Crippen molar-refractivity contribution in [3.05, 3.63) is 35.9 Å². The summed E-state index contributed by atoms with van der Waals surface area (Å²) in [7, 11) is 0. The van der Waals surface area contributed by atoms with Gasteiger partial charge in [0, 0.05) is 30.3 Å². The zero-order valence-corrected chi connectivity index (χ0v) is 7.66. The van der Waals surface area contributed by atoms with Gasteiger partial charge in [0.25, 0.3) is 0 Å². The molecule has 4 nitrogen and oxygen atoms in total. The maximum atomic E-state index is 5.46. The SMILES string of the molecule is Nc1nc(Cc2cccnc2)ns1. The highest BCUT2D eigenvalue weighted by molar-refractivity contribution is 7.09. The van der Waals surface area contributed by atoms with Crippen LogP contribution >= 0.6 is 11.5 Å². The minimum Gasteiger partial charge on any atom is -0.374 e. The molecule has 5 heteroatoms. The van der Waals surface area contributed by atoms with Gasteiger partial charge in [0.15, 0.2) is 5.13 Å². The van der Waals surface area contributed by atoms with E-state index in [1.54, 1.807) is 12.4 Å². The molecule has 0 aliphatic heterocycles. The first kappa shape index (κ1) is 8.12. The second-order valence-corrected chi connectivity index (χ2v) is 3.37. The van der Waals surface area contributed by atoms with Crippen molar-refractivity contribution in [3.63, 3.8) is 0 Å². The van der Waals surface area contributed by atoms with Crippen molar-refractivity contribution >= 4 is 16.7 Å². The second-order valence-electron chi connectivity index (χ2n) is 2.59. The lowest BCUT2D eigenvalue weighted by Crippen LogP contribution is -1.91. The van der Waals surface area contributed by atoms with E-state index in [0.717, 1.165) is 11.4 Å². The van der Waals surface area contributed by atoms with Crippen molar-refractivity contribution in [3.8, 4) is 0 Å². The molecule has 0 saturated heterocycles. The van der Waals surface area contributed by atoms with E-state index in [9.17, 15) is 0 Å². The second kappa shape index (κ2) is 3.49. The highest BCUT2D eigenvalue weighted by atomic mass is 32.1. The Kier molecular flexibility index (Phi) is 2.18. The van der Waals surface area contributed by atoms with Gasteiger partial charge in [-0.05, 0) is 11.6 Å². The topological polar surface area (TPSA) is 64.7 Å². The minimum absolute atomic E-state index is 0.513. The van der Waals surface area contributed by atoms with Crippen LogP contribution in [-0.4, -0.2) is 14.3 Å². The maximum Gasteiger partial charge on any atom is 0.199 e. The van der Waals surface area contributed by atoms with Crippen LogP contribution in [-0.2, 0) is 6.42 Å². The van der Waals surface area contributed by atoms with Gasteiger partial charge in [0.2, 0.25) is 0 Å². The number of nitrogens with zero attached hydrogens (tertiary/aromatic N) is 3. The van der Waals surface area contributed by atoms with E-state index in [1.165, 1.54) is 11.5 Å². The Morgan fingerprint density at radius 1 is 1.46 bits per heavy atom. The first-order valence-electron chi connectivity index (χ1n) is 3.81. The summed E-state index contributed by atoms with van der Waals surface area (Å²) in [6.45, 7) is 0. The molecule has 2 aromatic rings. The van der Waals surface area contributed by atoms with E-state index in [2.05, 4.69) is 14.3 Å². The largest absolute Gasteiger partial charge is 0.374 e. The van der Waals surface area contributed by atoms with Gasteiger partial charge in [-0.15, -0.1) is 0 Å². The summed E-state index contributed by atoms with van der Waals surface area (Å²) in [5, 5.41) is 0.513. The molecule has 2 heterocycles. The molecular weight excluding hydrogens is 184 g/mol. The zero-order chi connectivity index (χ0) is 9.10. The van der Waals surface area contributed by atoms with Gasteiger partial charge in [0.05, 0.1) is 0 Å². The average Bonchev–Trinajstić information content (AvgIpc) is 2.53. The van der Waals surface area contributed by atoms with E-state index >= 15 is 0 Å². The van der Waals surface area contributed by atoms with Crippen molar-refractivity contribution in [1.82, 2.24) is 14.3 Å². The standard InChI is InChI=1S/C8H8N4S/c9-8-11-7(12-13-8)4-6-2-1-3-10-5-6/h1-3,5H,4H2,(H2,9,11,12). The van der Waals surface area contributed by atoms with Crippen LogP contribution in [0.15, 0.2) is 24.5 Å². The number of hydrogen-bond donors (Lipinski definition) is 1. The van der Waals surface area contributed by atoms with Gasteiger partial charge in [-0.3, -0.25) is 4.98 Å². The molecule has 0 bridgehead atoms. The van der Waals surface area contributed by atoms with E-state index in [-0.39, 0.29) is 0 Å². The highest BCUT2D eigenvalue weighted by Crippen LogP contribution is 2.09. The van der Waals surface area contributed by atoms with Crippen LogP contribution in [0.2, 0.25) is 0 Å². The minimum atomic E-state index is 0.513. The van der Waals surface area contributed by atoms with Crippen molar-refractivity contribution in [2.24, 2.45) is 0 Å². The Labute approximate surface area is 79.6 Å². The lowest BCUT2D eigenvalue weighted by Gasteiger charge is -1.93. The fourth-order valence-corrected chi connectivity index (χ4v) is 1.48. The van der Waals surface area contributed by atoms with Crippen molar-refractivity contribution in [1.29, 1.82) is 0 Å². The number of nitrogens with two attached hydrogens (primary N) is 1. The van der Waals surface area contributed by atoms with Crippen LogP contribution in [0.5, 0.6) is 0 Å². The van der Waals surface area contributed by atoms with Crippen molar-refractivity contribution in [2.45, 2.75) is 6.42 Å². The van der Waals surface area contributed by atoms with Gasteiger partial charge in [-0.2, -0.15) is 4.37 Å². The Balaban J connectivity index is 2.15. The predicted octanol–water partition coefficient (Wildman–Crippen LogP) is 1.11. The van der Waals surface area contributed by atoms with Gasteiger partial charge in [-0.25, -0.2) is 4.98 Å². The first-order chi connectivity index (χ1) is 6.34. The quantitative estimate of drug-likeness (QED) is 0.774. The predicted molar refractivity (Wildman–Crippen MR) is 51.4 cm³/mol. The summed E-state index contributed by atoms with van der Waals surface area (Å²) in [6, 6.07) is 3.88. The third kappa shape index (κ3) is 2.00. The number of nitrogen functional groups attached to an aromatic ring is 1. The van der Waals surface area contributed by atoms with Crippen LogP contribution < -0.4 is 5.73 Å². The third-order valence-electron chi connectivity index (χ3n) is 1.57. The van der Waals surface area contributed by atoms with E-state index in [1.807, 2.05) is 12.1 Å². The molecular formula is C8H8N4S. The normalized spacial score (nSPS) is 10.2. The first-order valence-corrected chi connectivity index (χ1v) is 4.59. The summed E-state index contributed by atoms with van der Waals surface area (Å²) in [4.78, 5) is 8.07. The molecule has 2 N–H and O–H groups in total. The monoisotopic (exact) mass is 192 g/mol. The Hall–Kier alpha value is -1.49. The molecule has 0 aliphatic rings. The summed E-state index contributed by atoms with van der Waals surface area (Å²) in [5.41, 5.74) is 6.56. The zero-order valence-electron chi connectivity index (χ0n) is 6.84. The molecule has 0 radical (unpaired) electrons. The van der Waals surface area contributed by atoms with Gasteiger partial charge in [0.1, 0.15) is 5.82 Å². The fraction of sp³-hybridized carbons (Fsp3) is 0.125. The van der Waals surface area contributed by atoms with E-state index in [0.29, 0.717) is 11.6 Å². The molecule has 2 aromatic heterocycles. The molecule has 66 valence electrons. The number of rotatable bonds is 2. The summed E-state index contributed by atoms with van der Waals surface area (Å²) < 4.78 is 4.09. The molecule has 0 aliphatic carbocycles. The molecule has 0 spiro atoms. The average molecular weight is 192 g/mol. The fourth-order valence-electron chi connectivity index (χ4n) is 1.02. The number of anilines is 1. The Bertz CT molecular complexity index is 384. The molecule has 0 atom stereocenters. The van der Waals surface area contributed by atoms with Gasteiger partial charge in [-0.1, -0.05) is 6.07 Å². The number of aromatic nitrogens is 3. The van der Waals surface area contributed by atoms with E-state index in [4.69, 9.17) is 5.73 Å². The molecule has 0 fully saturated rings. The van der Waals surface area contributed by atoms with Crippen molar-refractivity contribution < 1.29 is 0 Å². The van der Waals surface area contributed by atoms with Gasteiger partial charge >= 0.3 is 0 Å². The summed E-state index contributed by atoms with van der Waals surface area (Å²) in [6.07, 6.45) is 4.24. The highest BCUT2D eigenvalue weighted by Gasteiger charge is 2.01. The third-order valence-corrected chi connectivity index (χ3v) is 2.15. The van der Waals surface area contributed by atoms with Gasteiger partial charge < -0.3 is 5.73 Å². The molecule has 0 aromatic carbocycles. The van der Waals surface area contributed by atoms with Crippen LogP contribution in [0.25, 0.3) is 0 Å². The van der Waals surface area contributed by atoms with Crippen LogP contribution in [0, 0.1) is 0 Å². The summed E-state index contributed by atoms with van der Waals surface area (Å²) in [5.74, 6) is 0.760.